The highest BCUT2D eigenvalue weighted by Crippen LogP contribution is 2.34. The van der Waals surface area contributed by atoms with Crippen LogP contribution in [0.4, 0.5) is 4.39 Å². The van der Waals surface area contributed by atoms with E-state index in [-0.39, 0.29) is 11.1 Å². The maximum absolute atomic E-state index is 13.1. The van der Waals surface area contributed by atoms with Crippen LogP contribution in [0.15, 0.2) is 36.4 Å². The van der Waals surface area contributed by atoms with E-state index in [2.05, 4.69) is 0 Å². The van der Waals surface area contributed by atoms with Crippen molar-refractivity contribution in [2.24, 2.45) is 0 Å². The first kappa shape index (κ1) is 13.4. The molecular weight excluding hydrogens is 279 g/mol. The lowest BCUT2D eigenvalue weighted by atomic mass is 9.98. The van der Waals surface area contributed by atoms with Gasteiger partial charge in [-0.1, -0.05) is 23.7 Å². The molecule has 0 saturated heterocycles. The van der Waals surface area contributed by atoms with Crippen LogP contribution in [0.1, 0.15) is 29.7 Å². The Morgan fingerprint density at radius 1 is 1.30 bits per heavy atom. The van der Waals surface area contributed by atoms with E-state index in [0.29, 0.717) is 5.56 Å². The lowest BCUT2D eigenvalue weighted by molar-refractivity contribution is 0.220. The van der Waals surface area contributed by atoms with Crippen LogP contribution in [-0.2, 0) is 6.42 Å². The van der Waals surface area contributed by atoms with Crippen molar-refractivity contribution in [3.63, 3.8) is 0 Å². The molecule has 20 heavy (non-hydrogen) atoms. The molecule has 0 spiro atoms. The van der Waals surface area contributed by atoms with Crippen LogP contribution in [0.3, 0.4) is 0 Å². The highest BCUT2D eigenvalue weighted by atomic mass is 35.5. The van der Waals surface area contributed by atoms with Crippen LogP contribution >= 0.6 is 11.6 Å². The fourth-order valence-electron chi connectivity index (χ4n) is 2.51. The standard InChI is InChI=1S/C16H14ClFO2/c1-9-6-11-7-10(2-5-15(11)20-9)16(19)13-4-3-12(18)8-14(13)17/h2-5,7-9,16,19H,6H2,1H3. The van der Waals surface area contributed by atoms with Gasteiger partial charge in [-0.3, -0.25) is 0 Å². The van der Waals surface area contributed by atoms with E-state index < -0.39 is 11.9 Å². The van der Waals surface area contributed by atoms with Crippen LogP contribution in [0, 0.1) is 5.82 Å². The Kier molecular flexibility index (Phi) is 3.40. The number of halogens is 2. The predicted molar refractivity (Wildman–Crippen MR) is 75.7 cm³/mol. The van der Waals surface area contributed by atoms with Gasteiger partial charge in [0.1, 0.15) is 23.8 Å². The summed E-state index contributed by atoms with van der Waals surface area (Å²) in [6.45, 7) is 2.01. The third-order valence-electron chi connectivity index (χ3n) is 3.49. The van der Waals surface area contributed by atoms with Gasteiger partial charge >= 0.3 is 0 Å². The molecule has 1 N–H and O–H groups in total. The van der Waals surface area contributed by atoms with Gasteiger partial charge in [0.2, 0.25) is 0 Å². The van der Waals surface area contributed by atoms with E-state index in [0.717, 1.165) is 23.3 Å². The molecular formula is C16H14ClFO2. The van der Waals surface area contributed by atoms with Crippen molar-refractivity contribution in [3.8, 4) is 5.75 Å². The monoisotopic (exact) mass is 292 g/mol. The third-order valence-corrected chi connectivity index (χ3v) is 3.82. The van der Waals surface area contributed by atoms with Gasteiger partial charge < -0.3 is 9.84 Å². The molecule has 104 valence electrons. The van der Waals surface area contributed by atoms with E-state index in [1.54, 1.807) is 6.07 Å². The fourth-order valence-corrected chi connectivity index (χ4v) is 2.79. The van der Waals surface area contributed by atoms with Crippen LogP contribution in [-0.4, -0.2) is 11.2 Å². The second-order valence-corrected chi connectivity index (χ2v) is 5.48. The summed E-state index contributed by atoms with van der Waals surface area (Å²) in [5.74, 6) is 0.445. The average Bonchev–Trinajstić information content (AvgIpc) is 2.77. The van der Waals surface area contributed by atoms with Crippen molar-refractivity contribution in [1.29, 1.82) is 0 Å². The van der Waals surface area contributed by atoms with E-state index in [4.69, 9.17) is 16.3 Å². The van der Waals surface area contributed by atoms with Crippen LogP contribution in [0.2, 0.25) is 5.02 Å². The first-order valence-corrected chi connectivity index (χ1v) is 6.85. The molecule has 0 bridgehead atoms. The van der Waals surface area contributed by atoms with Crippen molar-refractivity contribution < 1.29 is 14.2 Å². The molecule has 0 saturated carbocycles. The van der Waals surface area contributed by atoms with Crippen molar-refractivity contribution in [1.82, 2.24) is 0 Å². The molecule has 0 fully saturated rings. The van der Waals surface area contributed by atoms with Crippen LogP contribution in [0.5, 0.6) is 5.75 Å². The zero-order valence-electron chi connectivity index (χ0n) is 10.9. The minimum atomic E-state index is -0.871. The Bertz CT molecular complexity index is 657. The maximum Gasteiger partial charge on any atom is 0.124 e. The second-order valence-electron chi connectivity index (χ2n) is 5.07. The van der Waals surface area contributed by atoms with Gasteiger partial charge in [0.15, 0.2) is 0 Å². The fraction of sp³-hybridized carbons (Fsp3) is 0.250. The Balaban J connectivity index is 1.95. The van der Waals surface area contributed by atoms with Gasteiger partial charge in [-0.2, -0.15) is 0 Å². The van der Waals surface area contributed by atoms with E-state index in [9.17, 15) is 9.50 Å². The van der Waals surface area contributed by atoms with Gasteiger partial charge in [0, 0.05) is 17.0 Å². The summed E-state index contributed by atoms with van der Waals surface area (Å²) in [6.07, 6.45) is 0.114. The molecule has 4 heteroatoms. The summed E-state index contributed by atoms with van der Waals surface area (Å²) in [4.78, 5) is 0. The molecule has 2 aromatic rings. The Morgan fingerprint density at radius 2 is 2.10 bits per heavy atom. The smallest absolute Gasteiger partial charge is 0.124 e. The van der Waals surface area contributed by atoms with Gasteiger partial charge in [-0.05, 0) is 42.3 Å². The number of rotatable bonds is 2. The van der Waals surface area contributed by atoms with E-state index in [1.165, 1.54) is 18.2 Å². The van der Waals surface area contributed by atoms with E-state index >= 15 is 0 Å². The summed E-state index contributed by atoms with van der Waals surface area (Å²) in [6, 6.07) is 9.59. The topological polar surface area (TPSA) is 29.5 Å². The minimum Gasteiger partial charge on any atom is -0.490 e. The molecule has 1 heterocycles. The van der Waals surface area contributed by atoms with Crippen molar-refractivity contribution in [2.75, 3.05) is 0 Å². The molecule has 3 rings (SSSR count). The number of hydrogen-bond acceptors (Lipinski definition) is 2. The summed E-state index contributed by atoms with van der Waals surface area (Å²) >= 11 is 5.99. The van der Waals surface area contributed by atoms with Gasteiger partial charge in [0.25, 0.3) is 0 Å². The number of aliphatic hydroxyl groups is 1. The van der Waals surface area contributed by atoms with Crippen molar-refractivity contribution in [3.05, 3.63) is 63.9 Å². The molecule has 2 nitrogen and oxygen atoms in total. The zero-order valence-corrected chi connectivity index (χ0v) is 11.7. The lowest BCUT2D eigenvalue weighted by Crippen LogP contribution is -2.05. The third kappa shape index (κ3) is 2.39. The van der Waals surface area contributed by atoms with Crippen molar-refractivity contribution >= 4 is 11.6 Å². The molecule has 0 amide bonds. The highest BCUT2D eigenvalue weighted by molar-refractivity contribution is 6.31. The minimum absolute atomic E-state index is 0.159. The zero-order chi connectivity index (χ0) is 14.3. The molecule has 0 radical (unpaired) electrons. The number of ether oxygens (including phenoxy) is 1. The van der Waals surface area contributed by atoms with Crippen LogP contribution < -0.4 is 4.74 Å². The summed E-state index contributed by atoms with van der Waals surface area (Å²) in [5.41, 5.74) is 2.31. The summed E-state index contributed by atoms with van der Waals surface area (Å²) in [5, 5.41) is 10.6. The Hall–Kier alpha value is -1.58. The molecule has 2 unspecified atom stereocenters. The molecule has 2 aromatic carbocycles. The summed E-state index contributed by atoms with van der Waals surface area (Å²) in [7, 11) is 0. The normalized spacial score (nSPS) is 18.5. The predicted octanol–water partition coefficient (Wildman–Crippen LogP) is 3.88. The van der Waals surface area contributed by atoms with Crippen molar-refractivity contribution in [2.45, 2.75) is 25.6 Å². The van der Waals surface area contributed by atoms with Crippen LogP contribution in [0.25, 0.3) is 0 Å². The quantitative estimate of drug-likeness (QED) is 0.910. The van der Waals surface area contributed by atoms with Gasteiger partial charge in [-0.15, -0.1) is 0 Å². The highest BCUT2D eigenvalue weighted by Gasteiger charge is 2.21. The number of hydrogen-bond donors (Lipinski definition) is 1. The van der Waals surface area contributed by atoms with Gasteiger partial charge in [0.05, 0.1) is 0 Å². The SMILES string of the molecule is CC1Cc2cc(C(O)c3ccc(F)cc3Cl)ccc2O1. The number of aliphatic hydroxyl groups excluding tert-OH is 1. The van der Waals surface area contributed by atoms with Gasteiger partial charge in [-0.25, -0.2) is 4.39 Å². The molecule has 2 atom stereocenters. The first-order chi connectivity index (χ1) is 9.54. The van der Waals surface area contributed by atoms with E-state index in [1.807, 2.05) is 19.1 Å². The summed E-state index contributed by atoms with van der Waals surface area (Å²) < 4.78 is 18.7. The molecule has 1 aliphatic rings. The average molecular weight is 293 g/mol. The Labute approximate surface area is 121 Å². The molecule has 0 aromatic heterocycles. The second kappa shape index (κ2) is 5.08. The lowest BCUT2D eigenvalue weighted by Gasteiger charge is -2.14. The Morgan fingerprint density at radius 3 is 2.85 bits per heavy atom. The number of fused-ring (bicyclic) bond motifs is 1. The maximum atomic E-state index is 13.1. The first-order valence-electron chi connectivity index (χ1n) is 6.47. The molecule has 1 aliphatic heterocycles. The molecule has 0 aliphatic carbocycles. The number of benzene rings is 2. The largest absolute Gasteiger partial charge is 0.490 e.